The molecule has 0 unspecified atom stereocenters. The molecule has 0 aliphatic rings. The molecule has 0 fully saturated rings. The van der Waals surface area contributed by atoms with Crippen molar-refractivity contribution >= 4 is 11.6 Å². The molecule has 0 radical (unpaired) electrons. The van der Waals surface area contributed by atoms with E-state index in [9.17, 15) is 0 Å². The maximum atomic E-state index is 5.60. The largest absolute Gasteiger partial charge is 0.384 e. The highest BCUT2D eigenvalue weighted by Crippen LogP contribution is 2.24. The van der Waals surface area contributed by atoms with E-state index in [1.165, 1.54) is 0 Å². The molecule has 118 valence electrons. The van der Waals surface area contributed by atoms with Crippen LogP contribution < -0.4 is 11.1 Å². The fraction of sp³-hybridized carbons (Fsp3) is 0.471. The van der Waals surface area contributed by atoms with Crippen molar-refractivity contribution in [3.8, 4) is 0 Å². The Hall–Kier alpha value is -2.17. The van der Waals surface area contributed by atoms with Crippen LogP contribution >= 0.6 is 0 Å². The lowest BCUT2D eigenvalue weighted by atomic mass is 9.91. The molecule has 0 amide bonds. The molecule has 22 heavy (non-hydrogen) atoms. The Morgan fingerprint density at radius 1 is 1.18 bits per heavy atom. The summed E-state index contributed by atoms with van der Waals surface area (Å²) < 4.78 is 0. The SMILES string of the molecule is CC(C)c1nc(NCc2ccc(N)nc2)cc(C(C)(C)C)n1. The molecule has 0 spiro atoms. The monoisotopic (exact) mass is 299 g/mol. The van der Waals surface area contributed by atoms with Crippen molar-refractivity contribution in [1.82, 2.24) is 15.0 Å². The maximum Gasteiger partial charge on any atom is 0.133 e. The van der Waals surface area contributed by atoms with Gasteiger partial charge in [-0.1, -0.05) is 40.7 Å². The average molecular weight is 299 g/mol. The second-order valence-corrected chi connectivity index (χ2v) is 6.85. The Morgan fingerprint density at radius 3 is 2.45 bits per heavy atom. The standard InChI is InChI=1S/C17H25N5/c1-11(2)16-21-13(17(3,4)5)8-15(22-16)20-10-12-6-7-14(18)19-9-12/h6-9,11H,10H2,1-5H3,(H2,18,19)(H,20,21,22). The van der Waals surface area contributed by atoms with E-state index in [0.717, 1.165) is 22.9 Å². The molecule has 0 aliphatic carbocycles. The van der Waals surface area contributed by atoms with E-state index >= 15 is 0 Å². The highest BCUT2D eigenvalue weighted by molar-refractivity contribution is 5.40. The van der Waals surface area contributed by atoms with Crippen LogP contribution in [-0.4, -0.2) is 15.0 Å². The summed E-state index contributed by atoms with van der Waals surface area (Å²) in [5.74, 6) is 2.54. The summed E-state index contributed by atoms with van der Waals surface area (Å²) in [7, 11) is 0. The zero-order chi connectivity index (χ0) is 16.3. The lowest BCUT2D eigenvalue weighted by Crippen LogP contribution is -2.17. The van der Waals surface area contributed by atoms with E-state index in [0.29, 0.717) is 18.3 Å². The van der Waals surface area contributed by atoms with Crippen LogP contribution in [0.5, 0.6) is 0 Å². The second-order valence-electron chi connectivity index (χ2n) is 6.85. The minimum Gasteiger partial charge on any atom is -0.384 e. The summed E-state index contributed by atoms with van der Waals surface area (Å²) in [4.78, 5) is 13.4. The number of hydrogen-bond acceptors (Lipinski definition) is 5. The van der Waals surface area contributed by atoms with Crippen LogP contribution in [-0.2, 0) is 12.0 Å². The Balaban J connectivity index is 2.22. The van der Waals surface area contributed by atoms with Crippen LogP contribution in [0.25, 0.3) is 0 Å². The molecule has 2 aromatic rings. The van der Waals surface area contributed by atoms with E-state index in [2.05, 4.69) is 49.9 Å². The topological polar surface area (TPSA) is 76.7 Å². The minimum atomic E-state index is -0.00817. The first-order chi connectivity index (χ1) is 10.3. The van der Waals surface area contributed by atoms with Gasteiger partial charge >= 0.3 is 0 Å². The van der Waals surface area contributed by atoms with Crippen molar-refractivity contribution in [3.05, 3.63) is 41.5 Å². The molecule has 5 nitrogen and oxygen atoms in total. The van der Waals surface area contributed by atoms with Gasteiger partial charge in [-0.25, -0.2) is 15.0 Å². The molecule has 0 aromatic carbocycles. The van der Waals surface area contributed by atoms with Crippen molar-refractivity contribution in [2.45, 2.75) is 52.5 Å². The molecule has 2 rings (SSSR count). The first kappa shape index (κ1) is 16.2. The van der Waals surface area contributed by atoms with Crippen molar-refractivity contribution in [1.29, 1.82) is 0 Å². The van der Waals surface area contributed by atoms with Gasteiger partial charge in [0.2, 0.25) is 0 Å². The van der Waals surface area contributed by atoms with Crippen LogP contribution in [0.1, 0.15) is 57.6 Å². The van der Waals surface area contributed by atoms with E-state index < -0.39 is 0 Å². The predicted molar refractivity (Wildman–Crippen MR) is 90.8 cm³/mol. The molecule has 5 heteroatoms. The zero-order valence-electron chi connectivity index (χ0n) is 14.0. The normalized spacial score (nSPS) is 11.7. The lowest BCUT2D eigenvalue weighted by molar-refractivity contribution is 0.558. The van der Waals surface area contributed by atoms with Crippen LogP contribution in [0.2, 0.25) is 0 Å². The maximum absolute atomic E-state index is 5.60. The van der Waals surface area contributed by atoms with Gasteiger partial charge in [0.15, 0.2) is 0 Å². The molecule has 0 bridgehead atoms. The lowest BCUT2D eigenvalue weighted by Gasteiger charge is -2.20. The number of nitrogens with one attached hydrogen (secondary N) is 1. The highest BCUT2D eigenvalue weighted by Gasteiger charge is 2.18. The first-order valence-electron chi connectivity index (χ1n) is 7.59. The van der Waals surface area contributed by atoms with Crippen molar-refractivity contribution in [3.63, 3.8) is 0 Å². The summed E-state index contributed by atoms with van der Waals surface area (Å²) in [5.41, 5.74) is 7.71. The quantitative estimate of drug-likeness (QED) is 0.903. The predicted octanol–water partition coefficient (Wildman–Crippen LogP) is 3.49. The average Bonchev–Trinajstić information content (AvgIpc) is 2.45. The molecule has 0 aliphatic heterocycles. The third-order valence-corrected chi connectivity index (χ3v) is 3.35. The first-order valence-corrected chi connectivity index (χ1v) is 7.59. The summed E-state index contributed by atoms with van der Waals surface area (Å²) in [6.07, 6.45) is 1.78. The third-order valence-electron chi connectivity index (χ3n) is 3.35. The highest BCUT2D eigenvalue weighted by atomic mass is 15.0. The fourth-order valence-electron chi connectivity index (χ4n) is 1.93. The smallest absolute Gasteiger partial charge is 0.133 e. The summed E-state index contributed by atoms with van der Waals surface area (Å²) in [6, 6.07) is 5.79. The fourth-order valence-corrected chi connectivity index (χ4v) is 1.93. The Morgan fingerprint density at radius 2 is 1.91 bits per heavy atom. The molecule has 0 atom stereocenters. The zero-order valence-corrected chi connectivity index (χ0v) is 14.0. The second kappa shape index (κ2) is 6.30. The number of rotatable bonds is 4. The molecule has 3 N–H and O–H groups in total. The molecule has 2 heterocycles. The van der Waals surface area contributed by atoms with Crippen LogP contribution in [0.3, 0.4) is 0 Å². The summed E-state index contributed by atoms with van der Waals surface area (Å²) in [5, 5.41) is 3.36. The molecule has 0 saturated carbocycles. The molecule has 0 saturated heterocycles. The van der Waals surface area contributed by atoms with E-state index in [1.807, 2.05) is 12.1 Å². The molecule has 2 aromatic heterocycles. The van der Waals surface area contributed by atoms with E-state index in [-0.39, 0.29) is 5.41 Å². The number of pyridine rings is 1. The van der Waals surface area contributed by atoms with Crippen molar-refractivity contribution in [2.24, 2.45) is 0 Å². The Labute approximate surface area is 132 Å². The van der Waals surface area contributed by atoms with Crippen molar-refractivity contribution in [2.75, 3.05) is 11.1 Å². The number of nitrogen functional groups attached to an aromatic ring is 1. The Bertz CT molecular complexity index is 626. The van der Waals surface area contributed by atoms with E-state index in [4.69, 9.17) is 10.7 Å². The van der Waals surface area contributed by atoms with Crippen molar-refractivity contribution < 1.29 is 0 Å². The van der Waals surface area contributed by atoms with Crippen LogP contribution in [0.15, 0.2) is 24.4 Å². The number of aromatic nitrogens is 3. The van der Waals surface area contributed by atoms with Gasteiger partial charge in [-0.2, -0.15) is 0 Å². The van der Waals surface area contributed by atoms with Gasteiger partial charge < -0.3 is 11.1 Å². The number of nitrogens with zero attached hydrogens (tertiary/aromatic N) is 3. The number of anilines is 2. The summed E-state index contributed by atoms with van der Waals surface area (Å²) >= 11 is 0. The van der Waals surface area contributed by atoms with Crippen LogP contribution in [0.4, 0.5) is 11.6 Å². The van der Waals surface area contributed by atoms with Gasteiger partial charge in [0.25, 0.3) is 0 Å². The third kappa shape index (κ3) is 4.16. The number of hydrogen-bond donors (Lipinski definition) is 2. The van der Waals surface area contributed by atoms with Gasteiger partial charge in [-0.15, -0.1) is 0 Å². The molecular weight excluding hydrogens is 274 g/mol. The van der Waals surface area contributed by atoms with Gasteiger partial charge in [0.1, 0.15) is 17.5 Å². The van der Waals surface area contributed by atoms with Gasteiger partial charge in [-0.3, -0.25) is 0 Å². The summed E-state index contributed by atoms with van der Waals surface area (Å²) in [6.45, 7) is 11.4. The van der Waals surface area contributed by atoms with Gasteiger partial charge in [0, 0.05) is 30.1 Å². The van der Waals surface area contributed by atoms with Gasteiger partial charge in [-0.05, 0) is 11.6 Å². The molecular formula is C17H25N5. The van der Waals surface area contributed by atoms with E-state index in [1.54, 1.807) is 12.3 Å². The van der Waals surface area contributed by atoms with Gasteiger partial charge in [0.05, 0.1) is 5.69 Å². The minimum absolute atomic E-state index is 0.00817. The van der Waals surface area contributed by atoms with Crippen LogP contribution in [0, 0.1) is 0 Å². The number of nitrogens with two attached hydrogens (primary N) is 1. The Kier molecular flexibility index (Phi) is 4.64.